The molecule has 28 heavy (non-hydrogen) atoms. The fourth-order valence-electron chi connectivity index (χ4n) is 3.75. The average Bonchev–Trinajstić information content (AvgIpc) is 3.32. The van der Waals surface area contributed by atoms with Crippen LogP contribution < -0.4 is 9.62 Å². The van der Waals surface area contributed by atoms with Gasteiger partial charge in [0.15, 0.2) is 0 Å². The fourth-order valence-corrected chi connectivity index (χ4v) is 6.55. The predicted molar refractivity (Wildman–Crippen MR) is 115 cm³/mol. The molecule has 0 atom stereocenters. The largest absolute Gasteiger partial charge is 0.322 e. The molecule has 1 amide bonds. The smallest absolute Gasteiger partial charge is 0.255 e. The Morgan fingerprint density at radius 3 is 2.46 bits per heavy atom. The van der Waals surface area contributed by atoms with Crippen LogP contribution in [0.2, 0.25) is 0 Å². The zero-order chi connectivity index (χ0) is 19.6. The van der Waals surface area contributed by atoms with Crippen molar-refractivity contribution in [1.29, 1.82) is 0 Å². The fraction of sp³-hybridized carbons (Fsp3) is 0.381. The average molecular weight is 417 g/mol. The molecule has 2 aliphatic rings. The number of nitrogens with one attached hydrogen (secondary N) is 1. The third-order valence-corrected chi connectivity index (χ3v) is 8.43. The van der Waals surface area contributed by atoms with Gasteiger partial charge in [0.25, 0.3) is 5.91 Å². The standard InChI is InChI=1S/C21H24N2O3S2/c24-21(16-5-3-6-18(15-16)23-13-4-14-28(23,25)26)22-17-9-11-20(12-10-17)27-19-7-1-2-8-19/h3,5-6,9-12,15,19H,1-2,4,7-8,13-14H2,(H,22,24). The molecule has 1 aliphatic carbocycles. The first kappa shape index (κ1) is 19.3. The molecule has 7 heteroatoms. The van der Waals surface area contributed by atoms with Crippen molar-refractivity contribution >= 4 is 39.1 Å². The van der Waals surface area contributed by atoms with E-state index in [0.717, 1.165) is 5.69 Å². The van der Waals surface area contributed by atoms with E-state index in [9.17, 15) is 13.2 Å². The van der Waals surface area contributed by atoms with Gasteiger partial charge in [-0.2, -0.15) is 0 Å². The number of thioether (sulfide) groups is 1. The molecule has 0 radical (unpaired) electrons. The monoisotopic (exact) mass is 416 g/mol. The summed E-state index contributed by atoms with van der Waals surface area (Å²) in [6, 6.07) is 14.7. The summed E-state index contributed by atoms with van der Waals surface area (Å²) in [6.45, 7) is 0.466. The highest BCUT2D eigenvalue weighted by Gasteiger charge is 2.28. The normalized spacial score (nSPS) is 19.1. The van der Waals surface area contributed by atoms with E-state index in [4.69, 9.17) is 0 Å². The van der Waals surface area contributed by atoms with E-state index in [1.54, 1.807) is 24.3 Å². The molecule has 5 nitrogen and oxygen atoms in total. The zero-order valence-corrected chi connectivity index (χ0v) is 17.3. The van der Waals surface area contributed by atoms with Crippen LogP contribution in [0, 0.1) is 0 Å². The molecule has 2 fully saturated rings. The van der Waals surface area contributed by atoms with Crippen molar-refractivity contribution in [2.75, 3.05) is 21.9 Å². The molecule has 1 aliphatic heterocycles. The van der Waals surface area contributed by atoms with Crippen LogP contribution >= 0.6 is 11.8 Å². The minimum atomic E-state index is -3.26. The van der Waals surface area contributed by atoms with Gasteiger partial charge >= 0.3 is 0 Å². The topological polar surface area (TPSA) is 66.5 Å². The molecule has 1 N–H and O–H groups in total. The summed E-state index contributed by atoms with van der Waals surface area (Å²) >= 11 is 1.92. The van der Waals surface area contributed by atoms with Crippen LogP contribution in [-0.4, -0.2) is 31.9 Å². The van der Waals surface area contributed by atoms with Crippen LogP contribution in [0.4, 0.5) is 11.4 Å². The number of carbonyl (C=O) groups is 1. The highest BCUT2D eigenvalue weighted by molar-refractivity contribution is 8.00. The Labute approximate surface area is 170 Å². The summed E-state index contributed by atoms with van der Waals surface area (Å²) in [7, 11) is -3.26. The van der Waals surface area contributed by atoms with Crippen molar-refractivity contribution in [1.82, 2.24) is 0 Å². The van der Waals surface area contributed by atoms with Gasteiger partial charge in [-0.05, 0) is 61.7 Å². The maximum atomic E-state index is 12.6. The van der Waals surface area contributed by atoms with Gasteiger partial charge in [0.2, 0.25) is 10.0 Å². The number of rotatable bonds is 5. The molecule has 2 aromatic carbocycles. The van der Waals surface area contributed by atoms with Gasteiger partial charge in [-0.15, -0.1) is 11.8 Å². The second kappa shape index (κ2) is 8.17. The Kier molecular flexibility index (Phi) is 5.64. The lowest BCUT2D eigenvalue weighted by Gasteiger charge is -2.17. The quantitative estimate of drug-likeness (QED) is 0.779. The first-order valence-electron chi connectivity index (χ1n) is 9.70. The summed E-state index contributed by atoms with van der Waals surface area (Å²) in [5.74, 6) is -0.0797. The molecular formula is C21H24N2O3S2. The summed E-state index contributed by atoms with van der Waals surface area (Å²) in [5.41, 5.74) is 1.73. The van der Waals surface area contributed by atoms with Crippen molar-refractivity contribution in [2.45, 2.75) is 42.2 Å². The van der Waals surface area contributed by atoms with Crippen molar-refractivity contribution < 1.29 is 13.2 Å². The van der Waals surface area contributed by atoms with Gasteiger partial charge in [-0.3, -0.25) is 9.10 Å². The molecule has 4 rings (SSSR count). The Morgan fingerprint density at radius 2 is 1.79 bits per heavy atom. The van der Waals surface area contributed by atoms with Crippen LogP contribution in [0.5, 0.6) is 0 Å². The second-order valence-electron chi connectivity index (χ2n) is 7.29. The van der Waals surface area contributed by atoms with Crippen molar-refractivity contribution in [3.05, 3.63) is 54.1 Å². The highest BCUT2D eigenvalue weighted by Crippen LogP contribution is 2.35. The first-order chi connectivity index (χ1) is 13.5. The minimum Gasteiger partial charge on any atom is -0.322 e. The first-order valence-corrected chi connectivity index (χ1v) is 12.2. The van der Waals surface area contributed by atoms with Crippen LogP contribution in [0.15, 0.2) is 53.4 Å². The molecule has 2 aromatic rings. The minimum absolute atomic E-state index is 0.161. The molecule has 1 heterocycles. The number of anilines is 2. The number of hydrogen-bond acceptors (Lipinski definition) is 4. The van der Waals surface area contributed by atoms with Crippen LogP contribution in [0.1, 0.15) is 42.5 Å². The highest BCUT2D eigenvalue weighted by atomic mass is 32.2. The molecule has 0 unspecified atom stereocenters. The molecule has 1 saturated carbocycles. The van der Waals surface area contributed by atoms with E-state index in [0.29, 0.717) is 29.5 Å². The van der Waals surface area contributed by atoms with Crippen molar-refractivity contribution in [3.8, 4) is 0 Å². The molecular weight excluding hydrogens is 392 g/mol. The van der Waals surface area contributed by atoms with E-state index in [2.05, 4.69) is 5.32 Å². The van der Waals surface area contributed by atoms with E-state index < -0.39 is 10.0 Å². The molecule has 148 valence electrons. The Bertz CT molecular complexity index is 952. The number of hydrogen-bond donors (Lipinski definition) is 1. The van der Waals surface area contributed by atoms with Crippen LogP contribution in [0.25, 0.3) is 0 Å². The molecule has 0 bridgehead atoms. The Morgan fingerprint density at radius 1 is 1.04 bits per heavy atom. The summed E-state index contributed by atoms with van der Waals surface area (Å²) in [5, 5.41) is 3.61. The van der Waals surface area contributed by atoms with E-state index >= 15 is 0 Å². The van der Waals surface area contributed by atoms with Gasteiger partial charge < -0.3 is 5.32 Å². The van der Waals surface area contributed by atoms with Crippen LogP contribution in [-0.2, 0) is 10.0 Å². The number of sulfonamides is 1. The predicted octanol–water partition coefficient (Wildman–Crippen LogP) is 4.51. The van der Waals surface area contributed by atoms with Gasteiger partial charge in [0.05, 0.1) is 11.4 Å². The maximum absolute atomic E-state index is 12.6. The number of carbonyl (C=O) groups excluding carboxylic acids is 1. The molecule has 0 aromatic heterocycles. The third-order valence-electron chi connectivity index (χ3n) is 5.21. The SMILES string of the molecule is O=C(Nc1ccc(SC2CCCC2)cc1)c1cccc(N2CCCS2(=O)=O)c1. The van der Waals surface area contributed by atoms with Gasteiger partial charge in [0, 0.05) is 27.9 Å². The van der Waals surface area contributed by atoms with Crippen molar-refractivity contribution in [2.24, 2.45) is 0 Å². The van der Waals surface area contributed by atoms with Gasteiger partial charge in [0.1, 0.15) is 0 Å². The van der Waals surface area contributed by atoms with Crippen LogP contribution in [0.3, 0.4) is 0 Å². The lowest BCUT2D eigenvalue weighted by molar-refractivity contribution is 0.102. The number of nitrogens with zero attached hydrogens (tertiary/aromatic N) is 1. The maximum Gasteiger partial charge on any atom is 0.255 e. The molecule has 1 saturated heterocycles. The summed E-state index contributed by atoms with van der Waals surface area (Å²) in [4.78, 5) is 13.8. The Hall–Kier alpha value is -1.99. The van der Waals surface area contributed by atoms with E-state index in [-0.39, 0.29) is 11.7 Å². The third kappa shape index (κ3) is 4.36. The van der Waals surface area contributed by atoms with Gasteiger partial charge in [-0.25, -0.2) is 8.42 Å². The lowest BCUT2D eigenvalue weighted by Crippen LogP contribution is -2.25. The second-order valence-corrected chi connectivity index (χ2v) is 10.7. The van der Waals surface area contributed by atoms with E-state index in [1.807, 2.05) is 36.0 Å². The summed E-state index contributed by atoms with van der Waals surface area (Å²) < 4.78 is 25.6. The van der Waals surface area contributed by atoms with Crippen molar-refractivity contribution in [3.63, 3.8) is 0 Å². The van der Waals surface area contributed by atoms with Gasteiger partial charge in [-0.1, -0.05) is 18.9 Å². The zero-order valence-electron chi connectivity index (χ0n) is 15.6. The lowest BCUT2D eigenvalue weighted by atomic mass is 10.2. The Balaban J connectivity index is 1.43. The van der Waals surface area contributed by atoms with E-state index in [1.165, 1.54) is 34.9 Å². The number of benzene rings is 2. The molecule has 0 spiro atoms. The number of amides is 1. The summed E-state index contributed by atoms with van der Waals surface area (Å²) in [6.07, 6.45) is 5.83.